The Kier molecular flexibility index (Phi) is 4.75. The first kappa shape index (κ1) is 13.0. The minimum absolute atomic E-state index is 0.0522. The molecule has 0 radical (unpaired) electrons. The molecular weight excluding hydrogens is 226 g/mol. The Balaban J connectivity index is 2.30. The smallest absolute Gasteiger partial charge is 0.231 e. The van der Waals surface area contributed by atoms with Crippen molar-refractivity contribution in [1.82, 2.24) is 14.8 Å². The van der Waals surface area contributed by atoms with Gasteiger partial charge in [0, 0.05) is 18.0 Å². The number of amides is 1. The maximum absolute atomic E-state index is 11.5. The van der Waals surface area contributed by atoms with E-state index in [1.807, 2.05) is 0 Å². The molecule has 0 atom stereocenters. The quantitative estimate of drug-likeness (QED) is 0.778. The van der Waals surface area contributed by atoms with E-state index in [2.05, 4.69) is 34.0 Å². The Hall–Kier alpha value is -1.08. The van der Waals surface area contributed by atoms with Crippen LogP contribution in [0.5, 0.6) is 0 Å². The van der Waals surface area contributed by atoms with Crippen molar-refractivity contribution in [2.75, 3.05) is 11.9 Å². The van der Waals surface area contributed by atoms with Crippen molar-refractivity contribution >= 4 is 22.6 Å². The second-order valence-corrected chi connectivity index (χ2v) is 5.15. The molecule has 0 aliphatic rings. The third kappa shape index (κ3) is 4.63. The highest BCUT2D eigenvalue weighted by atomic mass is 32.1. The van der Waals surface area contributed by atoms with E-state index in [4.69, 9.17) is 5.73 Å². The predicted molar refractivity (Wildman–Crippen MR) is 63.0 cm³/mol. The highest BCUT2D eigenvalue weighted by molar-refractivity contribution is 7.09. The number of hydrogen-bond donors (Lipinski definition) is 2. The molecule has 0 saturated carbocycles. The van der Waals surface area contributed by atoms with Gasteiger partial charge < -0.3 is 5.73 Å². The Morgan fingerprint density at radius 1 is 1.50 bits per heavy atom. The first-order chi connectivity index (χ1) is 7.53. The van der Waals surface area contributed by atoms with Gasteiger partial charge in [0.25, 0.3) is 0 Å². The fraction of sp³-hybridized carbons (Fsp3) is 0.778. The molecule has 0 unspecified atom stereocenters. The Morgan fingerprint density at radius 3 is 2.81 bits per heavy atom. The summed E-state index contributed by atoms with van der Waals surface area (Å²) in [4.78, 5) is 11.5. The summed E-state index contributed by atoms with van der Waals surface area (Å²) in [5, 5.41) is 10.1. The second-order valence-electron chi connectivity index (χ2n) is 4.42. The van der Waals surface area contributed by atoms with Crippen molar-refractivity contribution in [3.63, 3.8) is 0 Å². The average Bonchev–Trinajstić information content (AvgIpc) is 2.68. The maximum Gasteiger partial charge on any atom is 0.231 e. The molecule has 7 heteroatoms. The van der Waals surface area contributed by atoms with Gasteiger partial charge in [0.1, 0.15) is 0 Å². The van der Waals surface area contributed by atoms with Gasteiger partial charge in [-0.3, -0.25) is 10.1 Å². The van der Waals surface area contributed by atoms with Crippen LogP contribution in [-0.4, -0.2) is 27.3 Å². The minimum Gasteiger partial charge on any atom is -0.330 e. The fourth-order valence-electron chi connectivity index (χ4n) is 1.33. The number of carbonyl (C=O) groups is 1. The van der Waals surface area contributed by atoms with Gasteiger partial charge in [0.05, 0.1) is 0 Å². The minimum atomic E-state index is -0.0522. The summed E-state index contributed by atoms with van der Waals surface area (Å²) in [6, 6.07) is 0. The number of carbonyl (C=O) groups excluding carboxylic acids is 1. The van der Waals surface area contributed by atoms with Gasteiger partial charge in [0.15, 0.2) is 0 Å². The van der Waals surface area contributed by atoms with Gasteiger partial charge in [-0.25, -0.2) is 0 Å². The van der Waals surface area contributed by atoms with Crippen molar-refractivity contribution in [2.45, 2.75) is 33.1 Å². The molecule has 90 valence electrons. The third-order valence-electron chi connectivity index (χ3n) is 2.40. The summed E-state index contributed by atoms with van der Waals surface area (Å²) in [6.45, 7) is 4.87. The molecule has 3 N–H and O–H groups in total. The lowest BCUT2D eigenvalue weighted by molar-refractivity contribution is -0.116. The molecule has 0 fully saturated rings. The van der Waals surface area contributed by atoms with Gasteiger partial charge >= 0.3 is 0 Å². The van der Waals surface area contributed by atoms with E-state index >= 15 is 0 Å². The van der Waals surface area contributed by atoms with Crippen LogP contribution in [0.25, 0.3) is 0 Å². The molecular formula is C9H17N5OS. The van der Waals surface area contributed by atoms with Crippen molar-refractivity contribution < 1.29 is 4.79 Å². The first-order valence-electron chi connectivity index (χ1n) is 5.18. The van der Waals surface area contributed by atoms with E-state index in [1.54, 1.807) is 0 Å². The molecule has 0 bridgehead atoms. The molecule has 0 aromatic carbocycles. The van der Waals surface area contributed by atoms with Gasteiger partial charge in [-0.1, -0.05) is 23.4 Å². The molecule has 16 heavy (non-hydrogen) atoms. The van der Waals surface area contributed by atoms with Crippen LogP contribution in [0.4, 0.5) is 5.13 Å². The Labute approximate surface area is 98.8 Å². The summed E-state index contributed by atoms with van der Waals surface area (Å²) in [5.41, 5.74) is 5.61. The first-order valence-corrected chi connectivity index (χ1v) is 5.96. The zero-order valence-corrected chi connectivity index (χ0v) is 10.4. The van der Waals surface area contributed by atoms with Crippen molar-refractivity contribution in [3.8, 4) is 0 Å². The highest BCUT2D eigenvalue weighted by Crippen LogP contribution is 2.26. The molecule has 1 amide bonds. The predicted octanol–water partition coefficient (Wildman–Crippen LogP) is 1.03. The Bertz CT molecular complexity index is 325. The standard InChI is InChI=1S/C9H17N5OS/c1-9(2,5-6-10)4-3-7(15)11-8-12-13-14-16-8/h3-6,10H2,1-2H3,(H,11,12,14,15). The zero-order valence-electron chi connectivity index (χ0n) is 9.56. The molecule has 0 aliphatic heterocycles. The van der Waals surface area contributed by atoms with E-state index in [-0.39, 0.29) is 11.3 Å². The summed E-state index contributed by atoms with van der Waals surface area (Å²) in [6.07, 6.45) is 2.19. The van der Waals surface area contributed by atoms with Crippen molar-refractivity contribution in [2.24, 2.45) is 11.1 Å². The molecule has 1 rings (SSSR count). The topological polar surface area (TPSA) is 93.8 Å². The van der Waals surface area contributed by atoms with Crippen LogP contribution in [0, 0.1) is 5.41 Å². The van der Waals surface area contributed by atoms with E-state index in [0.717, 1.165) is 24.4 Å². The van der Waals surface area contributed by atoms with Gasteiger partial charge in [0.2, 0.25) is 11.0 Å². The summed E-state index contributed by atoms with van der Waals surface area (Å²) < 4.78 is 3.56. The number of nitrogens with one attached hydrogen (secondary N) is 1. The molecule has 1 aromatic rings. The second kappa shape index (κ2) is 5.86. The molecule has 0 spiro atoms. The third-order valence-corrected chi connectivity index (χ3v) is 2.91. The van der Waals surface area contributed by atoms with Crippen LogP contribution in [0.1, 0.15) is 33.1 Å². The summed E-state index contributed by atoms with van der Waals surface area (Å²) in [7, 11) is 0. The summed E-state index contributed by atoms with van der Waals surface area (Å²) >= 11 is 1.07. The van der Waals surface area contributed by atoms with E-state index in [1.165, 1.54) is 0 Å². The normalized spacial score (nSPS) is 11.4. The number of hydrogen-bond acceptors (Lipinski definition) is 6. The molecule has 0 aliphatic carbocycles. The monoisotopic (exact) mass is 243 g/mol. The lowest BCUT2D eigenvalue weighted by Crippen LogP contribution is -2.20. The van der Waals surface area contributed by atoms with Gasteiger partial charge in [-0.15, -0.1) is 0 Å². The van der Waals surface area contributed by atoms with E-state index in [0.29, 0.717) is 18.1 Å². The van der Waals surface area contributed by atoms with Crippen molar-refractivity contribution in [1.29, 1.82) is 0 Å². The number of nitrogens with zero attached hydrogens (tertiary/aromatic N) is 3. The van der Waals surface area contributed by atoms with E-state index in [9.17, 15) is 4.79 Å². The molecule has 1 aromatic heterocycles. The fourth-order valence-corrected chi connectivity index (χ4v) is 1.71. The van der Waals surface area contributed by atoms with Gasteiger partial charge in [-0.2, -0.15) is 0 Å². The SMILES string of the molecule is CC(C)(CCN)CCC(=O)Nc1nnns1. The van der Waals surface area contributed by atoms with Gasteiger partial charge in [-0.05, 0) is 30.0 Å². The number of rotatable bonds is 6. The van der Waals surface area contributed by atoms with Crippen LogP contribution in [0.2, 0.25) is 0 Å². The molecule has 0 saturated heterocycles. The summed E-state index contributed by atoms with van der Waals surface area (Å²) in [5.74, 6) is -0.0522. The molecule has 6 nitrogen and oxygen atoms in total. The van der Waals surface area contributed by atoms with Crippen LogP contribution in [-0.2, 0) is 4.79 Å². The largest absolute Gasteiger partial charge is 0.330 e. The lowest BCUT2D eigenvalue weighted by atomic mass is 9.84. The zero-order chi connectivity index (χ0) is 12.0. The Morgan fingerprint density at radius 2 is 2.25 bits per heavy atom. The lowest BCUT2D eigenvalue weighted by Gasteiger charge is -2.23. The average molecular weight is 243 g/mol. The van der Waals surface area contributed by atoms with Crippen molar-refractivity contribution in [3.05, 3.63) is 0 Å². The number of aromatic nitrogens is 3. The molecule has 1 heterocycles. The van der Waals surface area contributed by atoms with Crippen LogP contribution in [0.3, 0.4) is 0 Å². The number of anilines is 1. The highest BCUT2D eigenvalue weighted by Gasteiger charge is 2.18. The number of nitrogens with two attached hydrogens (primary N) is 1. The van der Waals surface area contributed by atoms with Crippen LogP contribution < -0.4 is 11.1 Å². The van der Waals surface area contributed by atoms with Crippen LogP contribution >= 0.6 is 11.5 Å². The van der Waals surface area contributed by atoms with Crippen LogP contribution in [0.15, 0.2) is 0 Å². The maximum atomic E-state index is 11.5. The van der Waals surface area contributed by atoms with E-state index < -0.39 is 0 Å².